The van der Waals surface area contributed by atoms with Gasteiger partial charge in [0.05, 0.1) is 29.5 Å². The lowest BCUT2D eigenvalue weighted by Crippen LogP contribution is -2.60. The molecule has 1 aliphatic heterocycles. The first-order chi connectivity index (χ1) is 14.5. The molecule has 1 fully saturated rings. The Bertz CT molecular complexity index is 1080. The van der Waals surface area contributed by atoms with Crippen LogP contribution < -0.4 is 16.0 Å². The van der Waals surface area contributed by atoms with Crippen molar-refractivity contribution >= 4 is 34.4 Å². The normalized spacial score (nSPS) is 16.8. The van der Waals surface area contributed by atoms with Crippen molar-refractivity contribution in [2.75, 3.05) is 18.0 Å². The number of H-pyrrole nitrogens is 1. The molecule has 154 valence electrons. The third-order valence-corrected chi connectivity index (χ3v) is 5.87. The van der Waals surface area contributed by atoms with Crippen LogP contribution in [0.15, 0.2) is 42.9 Å². The zero-order valence-electron chi connectivity index (χ0n) is 16.3. The van der Waals surface area contributed by atoms with E-state index in [4.69, 9.17) is 17.3 Å². The van der Waals surface area contributed by atoms with E-state index in [0.29, 0.717) is 31.0 Å². The maximum Gasteiger partial charge on any atom is 0.240 e. The van der Waals surface area contributed by atoms with Crippen molar-refractivity contribution in [3.63, 3.8) is 0 Å². The lowest BCUT2D eigenvalue weighted by molar-refractivity contribution is -0.127. The van der Waals surface area contributed by atoms with E-state index in [-0.39, 0.29) is 12.3 Å². The van der Waals surface area contributed by atoms with E-state index in [0.717, 1.165) is 22.4 Å². The van der Waals surface area contributed by atoms with Crippen LogP contribution in [-0.4, -0.2) is 39.5 Å². The summed E-state index contributed by atoms with van der Waals surface area (Å²) in [6, 6.07) is 10.8. The fraction of sp³-hybridized carbons (Fsp3) is 0.333. The Balaban J connectivity index is 1.45. The van der Waals surface area contributed by atoms with Crippen molar-refractivity contribution in [2.45, 2.75) is 30.8 Å². The van der Waals surface area contributed by atoms with Crippen molar-refractivity contribution in [1.29, 1.82) is 5.26 Å². The van der Waals surface area contributed by atoms with Crippen molar-refractivity contribution in [3.8, 4) is 6.07 Å². The van der Waals surface area contributed by atoms with Crippen LogP contribution in [0.5, 0.6) is 0 Å². The monoisotopic (exact) mass is 423 g/mol. The minimum Gasteiger partial charge on any atom is -0.356 e. The Kier molecular flexibility index (Phi) is 5.57. The zero-order chi connectivity index (χ0) is 21.1. The first kappa shape index (κ1) is 20.1. The van der Waals surface area contributed by atoms with Crippen LogP contribution in [0.3, 0.4) is 0 Å². The molecular formula is C21H22ClN7O. The summed E-state index contributed by atoms with van der Waals surface area (Å²) >= 11 is 5.95. The topological polar surface area (TPSA) is 124 Å². The van der Waals surface area contributed by atoms with E-state index in [9.17, 15) is 10.1 Å². The molecule has 0 saturated carbocycles. The molecule has 1 saturated heterocycles. The smallest absolute Gasteiger partial charge is 0.240 e. The lowest BCUT2D eigenvalue weighted by Gasteiger charge is -2.39. The van der Waals surface area contributed by atoms with Gasteiger partial charge in [-0.2, -0.15) is 5.26 Å². The van der Waals surface area contributed by atoms with Crippen LogP contribution in [-0.2, 0) is 4.79 Å². The van der Waals surface area contributed by atoms with Gasteiger partial charge >= 0.3 is 0 Å². The van der Waals surface area contributed by atoms with Crippen LogP contribution >= 0.6 is 11.6 Å². The number of hydrogen-bond donors (Lipinski definition) is 3. The number of benzene rings is 1. The van der Waals surface area contributed by atoms with Gasteiger partial charge in [0.25, 0.3) is 0 Å². The number of carbonyl (C=O) groups is 1. The van der Waals surface area contributed by atoms with Crippen LogP contribution in [0.25, 0.3) is 11.0 Å². The van der Waals surface area contributed by atoms with Gasteiger partial charge in [-0.15, -0.1) is 0 Å². The molecule has 2 aromatic heterocycles. The first-order valence-corrected chi connectivity index (χ1v) is 10.1. The second-order valence-corrected chi connectivity index (χ2v) is 7.96. The summed E-state index contributed by atoms with van der Waals surface area (Å²) in [4.78, 5) is 26.9. The van der Waals surface area contributed by atoms with Gasteiger partial charge in [0.2, 0.25) is 5.91 Å². The van der Waals surface area contributed by atoms with E-state index in [1.54, 1.807) is 12.1 Å². The summed E-state index contributed by atoms with van der Waals surface area (Å²) in [5, 5.41) is 13.7. The first-order valence-electron chi connectivity index (χ1n) is 9.75. The molecule has 4 rings (SSSR count). The van der Waals surface area contributed by atoms with E-state index in [1.165, 1.54) is 6.33 Å². The van der Waals surface area contributed by atoms with Crippen LogP contribution in [0.2, 0.25) is 5.02 Å². The molecule has 3 aromatic rings. The van der Waals surface area contributed by atoms with E-state index in [1.807, 2.05) is 24.4 Å². The molecule has 0 aliphatic carbocycles. The fourth-order valence-electron chi connectivity index (χ4n) is 3.80. The second-order valence-electron chi connectivity index (χ2n) is 7.52. The summed E-state index contributed by atoms with van der Waals surface area (Å²) in [5.74, 6) is 0.596. The molecular weight excluding hydrogens is 402 g/mol. The molecule has 0 bridgehead atoms. The third-order valence-electron chi connectivity index (χ3n) is 5.61. The average Bonchev–Trinajstić information content (AvgIpc) is 3.24. The molecule has 8 nitrogen and oxygen atoms in total. The Labute approximate surface area is 179 Å². The van der Waals surface area contributed by atoms with Crippen LogP contribution in [0.4, 0.5) is 5.82 Å². The van der Waals surface area contributed by atoms with E-state index in [2.05, 4.69) is 31.2 Å². The number of hydrogen-bond acceptors (Lipinski definition) is 6. The largest absolute Gasteiger partial charge is 0.356 e. The average molecular weight is 424 g/mol. The number of nitrogens with zero attached hydrogens (tertiary/aromatic N) is 4. The highest BCUT2D eigenvalue weighted by atomic mass is 35.5. The number of amides is 1. The molecule has 1 unspecified atom stereocenters. The number of nitrogens with two attached hydrogens (primary N) is 1. The maximum absolute atomic E-state index is 13.0. The fourth-order valence-corrected chi connectivity index (χ4v) is 3.92. The minimum absolute atomic E-state index is 0.155. The number of aromatic nitrogens is 3. The molecule has 1 aromatic carbocycles. The summed E-state index contributed by atoms with van der Waals surface area (Å²) in [6.07, 6.45) is 4.48. The molecule has 0 radical (unpaired) electrons. The molecule has 1 atom stereocenters. The highest BCUT2D eigenvalue weighted by Gasteiger charge is 2.39. The SMILES string of the molecule is N#CCC(NC(=O)C1(N)CCN(c2ncnc3[nH]ccc23)CC1)c1ccc(Cl)cc1. The van der Waals surface area contributed by atoms with Crippen molar-refractivity contribution in [3.05, 3.63) is 53.4 Å². The van der Waals surface area contributed by atoms with Gasteiger partial charge in [-0.3, -0.25) is 4.79 Å². The molecule has 0 spiro atoms. The molecule has 1 amide bonds. The van der Waals surface area contributed by atoms with Gasteiger partial charge in [0.1, 0.15) is 17.8 Å². The molecule has 4 N–H and O–H groups in total. The third kappa shape index (κ3) is 3.95. The second kappa shape index (κ2) is 8.30. The molecule has 3 heterocycles. The van der Waals surface area contributed by atoms with Gasteiger partial charge in [-0.05, 0) is 36.6 Å². The predicted octanol–water partition coefficient (Wildman–Crippen LogP) is 2.68. The van der Waals surface area contributed by atoms with E-state index >= 15 is 0 Å². The minimum atomic E-state index is -0.999. The highest BCUT2D eigenvalue weighted by molar-refractivity contribution is 6.30. The maximum atomic E-state index is 13.0. The van der Waals surface area contributed by atoms with Gasteiger partial charge in [-0.1, -0.05) is 23.7 Å². The van der Waals surface area contributed by atoms with Crippen molar-refractivity contribution in [1.82, 2.24) is 20.3 Å². The Morgan fingerprint density at radius 2 is 2.03 bits per heavy atom. The molecule has 30 heavy (non-hydrogen) atoms. The number of aromatic amines is 1. The Morgan fingerprint density at radius 1 is 1.30 bits per heavy atom. The van der Waals surface area contributed by atoms with Gasteiger partial charge < -0.3 is 20.9 Å². The quantitative estimate of drug-likeness (QED) is 0.579. The standard InChI is InChI=1S/C21H22ClN7O/c22-15-3-1-14(2-4-15)17(5-9-23)28-20(30)21(24)7-11-29(12-8-21)19-16-6-10-25-18(16)26-13-27-19/h1-4,6,10,13,17H,5,7-8,11-12,24H2,(H,28,30)(H,25,26,27). The number of nitrogens with one attached hydrogen (secondary N) is 2. The van der Waals surface area contributed by atoms with Crippen molar-refractivity contribution < 1.29 is 4.79 Å². The van der Waals surface area contributed by atoms with Gasteiger partial charge in [0, 0.05) is 24.3 Å². The lowest BCUT2D eigenvalue weighted by atomic mass is 9.87. The van der Waals surface area contributed by atoms with Crippen LogP contribution in [0, 0.1) is 11.3 Å². The number of rotatable bonds is 5. The molecule has 1 aliphatic rings. The summed E-state index contributed by atoms with van der Waals surface area (Å²) < 4.78 is 0. The number of halogens is 1. The van der Waals surface area contributed by atoms with Gasteiger partial charge in [-0.25, -0.2) is 9.97 Å². The van der Waals surface area contributed by atoms with E-state index < -0.39 is 11.6 Å². The summed E-state index contributed by atoms with van der Waals surface area (Å²) in [7, 11) is 0. The molecule has 9 heteroatoms. The van der Waals surface area contributed by atoms with Crippen molar-refractivity contribution in [2.24, 2.45) is 5.73 Å². The summed E-state index contributed by atoms with van der Waals surface area (Å²) in [6.45, 7) is 1.20. The van der Waals surface area contributed by atoms with Gasteiger partial charge in [0.15, 0.2) is 0 Å². The summed E-state index contributed by atoms with van der Waals surface area (Å²) in [5.41, 5.74) is 7.11. The number of piperidine rings is 1. The number of nitriles is 1. The zero-order valence-corrected chi connectivity index (χ0v) is 17.1. The Hall–Kier alpha value is -3.15. The van der Waals surface area contributed by atoms with Crippen LogP contribution in [0.1, 0.15) is 30.9 Å². The highest BCUT2D eigenvalue weighted by Crippen LogP contribution is 2.29. The Morgan fingerprint density at radius 3 is 2.73 bits per heavy atom. The number of carbonyl (C=O) groups excluding carboxylic acids is 1. The number of fused-ring (bicyclic) bond motifs is 1. The predicted molar refractivity (Wildman–Crippen MR) is 115 cm³/mol. The number of anilines is 1.